The van der Waals surface area contributed by atoms with E-state index in [9.17, 15) is 4.79 Å². The van der Waals surface area contributed by atoms with E-state index in [-0.39, 0.29) is 11.7 Å². The quantitative estimate of drug-likeness (QED) is 0.231. The molecule has 0 N–H and O–H groups in total. The molecular formula is C34H36ClN2O3+. The van der Waals surface area contributed by atoms with Gasteiger partial charge in [0, 0.05) is 30.2 Å². The number of hydrogen-bond acceptors (Lipinski definition) is 4. The van der Waals surface area contributed by atoms with Gasteiger partial charge >= 0.3 is 0 Å². The summed E-state index contributed by atoms with van der Waals surface area (Å²) in [5, 5.41) is 1.75. The fourth-order valence-corrected chi connectivity index (χ4v) is 6.55. The van der Waals surface area contributed by atoms with Gasteiger partial charge < -0.3 is 9.47 Å². The van der Waals surface area contributed by atoms with E-state index in [2.05, 4.69) is 45.9 Å². The molecule has 2 heterocycles. The van der Waals surface area contributed by atoms with E-state index in [0.29, 0.717) is 24.0 Å². The molecule has 0 bridgehead atoms. The van der Waals surface area contributed by atoms with Crippen LogP contribution in [0.25, 0.3) is 10.9 Å². The predicted octanol–water partition coefficient (Wildman–Crippen LogP) is 6.56. The Balaban J connectivity index is 1.09. The molecule has 3 aromatic carbocycles. The maximum Gasteiger partial charge on any atom is 0.214 e. The van der Waals surface area contributed by atoms with Crippen molar-refractivity contribution in [2.45, 2.75) is 38.8 Å². The third kappa shape index (κ3) is 5.59. The molecule has 206 valence electrons. The van der Waals surface area contributed by atoms with Gasteiger partial charge in [0.1, 0.15) is 13.7 Å². The van der Waals surface area contributed by atoms with Crippen LogP contribution in [0.2, 0.25) is 5.02 Å². The minimum atomic E-state index is 0.0471. The van der Waals surface area contributed by atoms with Crippen molar-refractivity contribution in [2.75, 3.05) is 20.2 Å². The summed E-state index contributed by atoms with van der Waals surface area (Å²) in [6.07, 6.45) is 6.00. The molecule has 0 saturated carbocycles. The molecule has 0 amide bonds. The van der Waals surface area contributed by atoms with Gasteiger partial charge in [-0.25, -0.2) is 4.57 Å². The number of ketones is 1. The number of fused-ring (bicyclic) bond motifs is 2. The summed E-state index contributed by atoms with van der Waals surface area (Å²) >= 11 is 6.38. The summed E-state index contributed by atoms with van der Waals surface area (Å²) in [6.45, 7) is 3.60. The molecule has 0 spiro atoms. The summed E-state index contributed by atoms with van der Waals surface area (Å²) in [6, 6.07) is 22.7. The standard InChI is InChI=1S/C34H36ClN2O3/c1-36-13-12-30(35)28-9-8-25(17-31(28)36)22-40-33-19-26-18-27(34(38)29(26)20-32(33)39-2)16-23-10-14-37(15-11-23)21-24-6-4-3-5-7-24/h3-9,12-13,17,19-20,23,27H,10-11,14-16,18,21-22H2,1-2H3/q+1. The van der Waals surface area contributed by atoms with Crippen molar-refractivity contribution in [3.8, 4) is 11.5 Å². The van der Waals surface area contributed by atoms with E-state index in [0.717, 1.165) is 77.9 Å². The molecule has 0 radical (unpaired) electrons. The summed E-state index contributed by atoms with van der Waals surface area (Å²) in [7, 11) is 3.64. The van der Waals surface area contributed by atoms with E-state index >= 15 is 0 Å². The van der Waals surface area contributed by atoms with Crippen molar-refractivity contribution in [1.29, 1.82) is 0 Å². The zero-order valence-corrected chi connectivity index (χ0v) is 24.0. The number of likely N-dealkylation sites (tertiary alicyclic amines) is 1. The van der Waals surface area contributed by atoms with Crippen LogP contribution in [0.1, 0.15) is 46.3 Å². The van der Waals surface area contributed by atoms with Gasteiger partial charge in [-0.3, -0.25) is 9.69 Å². The first kappa shape index (κ1) is 26.8. The molecule has 40 heavy (non-hydrogen) atoms. The molecule has 1 saturated heterocycles. The van der Waals surface area contributed by atoms with Crippen molar-refractivity contribution in [1.82, 2.24) is 4.90 Å². The second-order valence-electron chi connectivity index (χ2n) is 11.3. The molecule has 1 atom stereocenters. The highest BCUT2D eigenvalue weighted by atomic mass is 35.5. The van der Waals surface area contributed by atoms with Crippen molar-refractivity contribution in [3.63, 3.8) is 0 Å². The first-order valence-corrected chi connectivity index (χ1v) is 14.6. The number of nitrogens with zero attached hydrogens (tertiary/aromatic N) is 2. The number of aryl methyl sites for hydroxylation is 1. The van der Waals surface area contributed by atoms with E-state index < -0.39 is 0 Å². The molecule has 1 unspecified atom stereocenters. The smallest absolute Gasteiger partial charge is 0.214 e. The molecule has 6 heteroatoms. The average molecular weight is 556 g/mol. The van der Waals surface area contributed by atoms with E-state index in [1.54, 1.807) is 7.11 Å². The molecule has 2 aliphatic rings. The number of aromatic nitrogens is 1. The van der Waals surface area contributed by atoms with Crippen LogP contribution in [0.5, 0.6) is 11.5 Å². The van der Waals surface area contributed by atoms with Crippen molar-refractivity contribution in [3.05, 3.63) is 100 Å². The monoisotopic (exact) mass is 555 g/mol. The van der Waals surface area contributed by atoms with Gasteiger partial charge in [0.05, 0.1) is 17.5 Å². The van der Waals surface area contributed by atoms with Crippen molar-refractivity contribution in [2.24, 2.45) is 18.9 Å². The Labute approximate surface area is 241 Å². The van der Waals surface area contributed by atoms with Crippen LogP contribution >= 0.6 is 11.6 Å². The normalized spacial score (nSPS) is 17.8. The Bertz CT molecular complexity index is 1530. The molecular weight excluding hydrogens is 520 g/mol. The van der Waals surface area contributed by atoms with Crippen LogP contribution in [-0.2, 0) is 26.6 Å². The molecule has 6 rings (SSSR count). The molecule has 5 nitrogen and oxygen atoms in total. The van der Waals surface area contributed by atoms with Gasteiger partial charge in [-0.1, -0.05) is 48.0 Å². The minimum Gasteiger partial charge on any atom is -0.493 e. The van der Waals surface area contributed by atoms with Gasteiger partial charge in [0.2, 0.25) is 5.52 Å². The number of ether oxygens (including phenoxy) is 2. The summed E-state index contributed by atoms with van der Waals surface area (Å²) < 4.78 is 14.0. The van der Waals surface area contributed by atoms with Crippen LogP contribution < -0.4 is 14.0 Å². The van der Waals surface area contributed by atoms with Crippen LogP contribution in [0.4, 0.5) is 0 Å². The molecule has 1 aromatic heterocycles. The highest BCUT2D eigenvalue weighted by Crippen LogP contribution is 2.40. The van der Waals surface area contributed by atoms with Crippen LogP contribution in [0.15, 0.2) is 72.9 Å². The number of benzene rings is 3. The number of rotatable bonds is 8. The lowest BCUT2D eigenvalue weighted by Crippen LogP contribution is -2.34. The van der Waals surface area contributed by atoms with Crippen LogP contribution in [-0.4, -0.2) is 30.9 Å². The molecule has 1 fully saturated rings. The zero-order valence-electron chi connectivity index (χ0n) is 23.2. The predicted molar refractivity (Wildman–Crippen MR) is 158 cm³/mol. The summed E-state index contributed by atoms with van der Waals surface area (Å²) in [5.74, 6) is 2.18. The Kier molecular flexibility index (Phi) is 7.77. The van der Waals surface area contributed by atoms with Gasteiger partial charge in [-0.2, -0.15) is 0 Å². The summed E-state index contributed by atoms with van der Waals surface area (Å²) in [5.41, 5.74) is 5.33. The van der Waals surface area contributed by atoms with E-state index in [4.69, 9.17) is 21.1 Å². The zero-order chi connectivity index (χ0) is 27.6. The largest absolute Gasteiger partial charge is 0.493 e. The van der Waals surface area contributed by atoms with Crippen LogP contribution in [0.3, 0.4) is 0 Å². The third-order valence-corrected chi connectivity index (χ3v) is 8.93. The fourth-order valence-electron chi connectivity index (χ4n) is 6.33. The lowest BCUT2D eigenvalue weighted by atomic mass is 9.85. The number of Topliss-reactive ketones (excluding diaryl/α,β-unsaturated/α-hetero) is 1. The van der Waals surface area contributed by atoms with Crippen molar-refractivity contribution >= 4 is 28.3 Å². The Hall–Kier alpha value is -3.41. The average Bonchev–Trinajstić information content (AvgIpc) is 3.28. The van der Waals surface area contributed by atoms with Gasteiger partial charge in [0.25, 0.3) is 0 Å². The number of halogens is 1. The van der Waals surface area contributed by atoms with Crippen molar-refractivity contribution < 1.29 is 18.8 Å². The first-order valence-electron chi connectivity index (χ1n) is 14.2. The lowest BCUT2D eigenvalue weighted by molar-refractivity contribution is -0.644. The van der Waals surface area contributed by atoms with E-state index in [1.807, 2.05) is 43.6 Å². The van der Waals surface area contributed by atoms with Gasteiger partial charge in [-0.15, -0.1) is 0 Å². The fraction of sp³-hybridized carbons (Fsp3) is 0.353. The number of pyridine rings is 1. The number of piperidine rings is 1. The highest BCUT2D eigenvalue weighted by Gasteiger charge is 2.34. The maximum atomic E-state index is 13.4. The SMILES string of the molecule is COc1cc2c(cc1OCc1ccc3c(Cl)cc[n+](C)c3c1)CC(CC1CCN(Cc3ccccc3)CC1)C2=O. The summed E-state index contributed by atoms with van der Waals surface area (Å²) in [4.78, 5) is 15.9. The van der Waals surface area contributed by atoms with E-state index in [1.165, 1.54) is 5.56 Å². The number of methoxy groups -OCH3 is 1. The topological polar surface area (TPSA) is 42.6 Å². The third-order valence-electron chi connectivity index (χ3n) is 8.60. The first-order chi connectivity index (χ1) is 19.5. The Morgan fingerprint density at radius 3 is 2.55 bits per heavy atom. The number of hydrogen-bond donors (Lipinski definition) is 0. The van der Waals surface area contributed by atoms with Gasteiger partial charge in [-0.05, 0) is 79.6 Å². The Morgan fingerprint density at radius 1 is 0.975 bits per heavy atom. The minimum absolute atomic E-state index is 0.0471. The second kappa shape index (κ2) is 11.6. The maximum absolute atomic E-state index is 13.4. The van der Waals surface area contributed by atoms with Crippen LogP contribution in [0, 0.1) is 11.8 Å². The van der Waals surface area contributed by atoms with Gasteiger partial charge in [0.15, 0.2) is 23.5 Å². The number of carbonyl (C=O) groups is 1. The highest BCUT2D eigenvalue weighted by molar-refractivity contribution is 6.35. The molecule has 1 aliphatic carbocycles. The molecule has 1 aliphatic heterocycles. The molecule has 4 aromatic rings. The second-order valence-corrected chi connectivity index (χ2v) is 11.7. The Morgan fingerprint density at radius 2 is 1.77 bits per heavy atom. The number of carbonyl (C=O) groups excluding carboxylic acids is 1. The lowest BCUT2D eigenvalue weighted by Gasteiger charge is -2.32.